The third kappa shape index (κ3) is 3.94. The van der Waals surface area contributed by atoms with E-state index in [0.717, 1.165) is 32.5 Å². The van der Waals surface area contributed by atoms with E-state index in [0.29, 0.717) is 18.5 Å². The SMILES string of the molecule is CCN(CC(=O)NC(C)(C#N)C1CC1)CC1CCCN1. The quantitative estimate of drug-likeness (QED) is 0.725. The molecule has 1 saturated heterocycles. The molecular formula is C15H26N4O. The van der Waals surface area contributed by atoms with Crippen molar-refractivity contribution in [3.05, 3.63) is 0 Å². The second kappa shape index (κ2) is 6.55. The summed E-state index contributed by atoms with van der Waals surface area (Å²) in [6.45, 7) is 7.17. The molecule has 5 nitrogen and oxygen atoms in total. The maximum atomic E-state index is 12.2. The first-order valence-corrected chi connectivity index (χ1v) is 7.75. The van der Waals surface area contributed by atoms with Crippen LogP contribution in [-0.2, 0) is 4.79 Å². The largest absolute Gasteiger partial charge is 0.337 e. The van der Waals surface area contributed by atoms with E-state index in [4.69, 9.17) is 0 Å². The van der Waals surface area contributed by atoms with Gasteiger partial charge in [0.1, 0.15) is 5.54 Å². The molecule has 5 heteroatoms. The lowest BCUT2D eigenvalue weighted by Gasteiger charge is -2.27. The molecule has 1 aliphatic heterocycles. The number of nitrogens with one attached hydrogen (secondary N) is 2. The second-order valence-electron chi connectivity index (χ2n) is 6.26. The third-order valence-electron chi connectivity index (χ3n) is 4.48. The molecule has 0 bridgehead atoms. The van der Waals surface area contributed by atoms with Crippen molar-refractivity contribution in [3.8, 4) is 6.07 Å². The molecule has 2 rings (SSSR count). The predicted molar refractivity (Wildman–Crippen MR) is 78.0 cm³/mol. The van der Waals surface area contributed by atoms with E-state index in [1.807, 2.05) is 6.92 Å². The Balaban J connectivity index is 1.80. The molecule has 0 aromatic heterocycles. The summed E-state index contributed by atoms with van der Waals surface area (Å²) in [6, 6.07) is 2.78. The number of likely N-dealkylation sites (N-methyl/N-ethyl adjacent to an activating group) is 1. The average Bonchev–Trinajstić information content (AvgIpc) is 3.17. The van der Waals surface area contributed by atoms with E-state index < -0.39 is 5.54 Å². The molecular weight excluding hydrogens is 252 g/mol. The highest BCUT2D eigenvalue weighted by Gasteiger charge is 2.43. The zero-order valence-electron chi connectivity index (χ0n) is 12.6. The molecule has 2 fully saturated rings. The number of carbonyl (C=O) groups is 1. The first kappa shape index (κ1) is 15.3. The van der Waals surface area contributed by atoms with Gasteiger partial charge >= 0.3 is 0 Å². The first-order valence-electron chi connectivity index (χ1n) is 7.75. The molecule has 2 atom stereocenters. The summed E-state index contributed by atoms with van der Waals surface area (Å²) < 4.78 is 0. The van der Waals surface area contributed by atoms with Crippen LogP contribution in [0, 0.1) is 17.2 Å². The number of nitrogens with zero attached hydrogens (tertiary/aromatic N) is 2. The molecule has 2 N–H and O–H groups in total. The van der Waals surface area contributed by atoms with Crippen molar-refractivity contribution in [2.24, 2.45) is 5.92 Å². The summed E-state index contributed by atoms with van der Waals surface area (Å²) >= 11 is 0. The van der Waals surface area contributed by atoms with E-state index in [1.165, 1.54) is 12.8 Å². The molecule has 1 amide bonds. The van der Waals surface area contributed by atoms with Gasteiger partial charge in [-0.1, -0.05) is 6.92 Å². The molecule has 0 spiro atoms. The fourth-order valence-electron chi connectivity index (χ4n) is 2.94. The number of amides is 1. The van der Waals surface area contributed by atoms with Gasteiger partial charge in [-0.05, 0) is 51.6 Å². The summed E-state index contributed by atoms with van der Waals surface area (Å²) in [6.07, 6.45) is 4.51. The summed E-state index contributed by atoms with van der Waals surface area (Å²) in [5.74, 6) is 0.309. The standard InChI is InChI=1S/C15H26N4O/c1-3-19(9-13-5-4-8-17-13)10-14(20)18-15(2,11-16)12-6-7-12/h12-13,17H,3-10H2,1-2H3,(H,18,20). The molecule has 0 radical (unpaired) electrons. The molecule has 112 valence electrons. The Labute approximate surface area is 121 Å². The van der Waals surface area contributed by atoms with E-state index >= 15 is 0 Å². The topological polar surface area (TPSA) is 68.2 Å². The zero-order valence-corrected chi connectivity index (χ0v) is 12.6. The van der Waals surface area contributed by atoms with Crippen LogP contribution in [0.4, 0.5) is 0 Å². The van der Waals surface area contributed by atoms with Crippen molar-refractivity contribution in [2.75, 3.05) is 26.2 Å². The number of hydrogen-bond acceptors (Lipinski definition) is 4. The fraction of sp³-hybridized carbons (Fsp3) is 0.867. The van der Waals surface area contributed by atoms with Crippen molar-refractivity contribution in [1.29, 1.82) is 5.26 Å². The van der Waals surface area contributed by atoms with Gasteiger partial charge in [0.2, 0.25) is 5.91 Å². The lowest BCUT2D eigenvalue weighted by molar-refractivity contribution is -0.123. The van der Waals surface area contributed by atoms with Gasteiger partial charge in [-0.25, -0.2) is 0 Å². The molecule has 2 unspecified atom stereocenters. The minimum Gasteiger partial charge on any atom is -0.337 e. The van der Waals surface area contributed by atoms with Crippen LogP contribution in [0.1, 0.15) is 39.5 Å². The van der Waals surface area contributed by atoms with Gasteiger partial charge in [0.15, 0.2) is 0 Å². The maximum Gasteiger partial charge on any atom is 0.235 e. The lowest BCUT2D eigenvalue weighted by Crippen LogP contribution is -2.51. The van der Waals surface area contributed by atoms with Crippen molar-refractivity contribution in [1.82, 2.24) is 15.5 Å². The summed E-state index contributed by atoms with van der Waals surface area (Å²) in [7, 11) is 0. The normalized spacial score (nSPS) is 25.2. The summed E-state index contributed by atoms with van der Waals surface area (Å²) in [4.78, 5) is 14.3. The van der Waals surface area contributed by atoms with Gasteiger partial charge in [-0.15, -0.1) is 0 Å². The van der Waals surface area contributed by atoms with Crippen molar-refractivity contribution < 1.29 is 4.79 Å². The summed E-state index contributed by atoms with van der Waals surface area (Å²) in [5.41, 5.74) is -0.678. The molecule has 0 aromatic carbocycles. The Kier molecular flexibility index (Phi) is 5.00. The predicted octanol–water partition coefficient (Wildman–Crippen LogP) is 0.869. The van der Waals surface area contributed by atoms with Crippen LogP contribution in [0.3, 0.4) is 0 Å². The zero-order chi connectivity index (χ0) is 14.6. The highest BCUT2D eigenvalue weighted by atomic mass is 16.2. The Hall–Kier alpha value is -1.12. The monoisotopic (exact) mass is 278 g/mol. The van der Waals surface area contributed by atoms with Gasteiger partial charge < -0.3 is 10.6 Å². The van der Waals surface area contributed by atoms with Crippen LogP contribution >= 0.6 is 0 Å². The van der Waals surface area contributed by atoms with Crippen LogP contribution in [0.25, 0.3) is 0 Å². The number of rotatable bonds is 7. The maximum absolute atomic E-state index is 12.2. The highest BCUT2D eigenvalue weighted by molar-refractivity contribution is 5.79. The Morgan fingerprint density at radius 2 is 2.25 bits per heavy atom. The third-order valence-corrected chi connectivity index (χ3v) is 4.48. The van der Waals surface area contributed by atoms with Gasteiger partial charge in [0.25, 0.3) is 0 Å². The molecule has 0 aromatic rings. The Morgan fingerprint density at radius 3 is 2.75 bits per heavy atom. The molecule has 20 heavy (non-hydrogen) atoms. The summed E-state index contributed by atoms with van der Waals surface area (Å²) in [5, 5.41) is 15.7. The van der Waals surface area contributed by atoms with E-state index in [9.17, 15) is 10.1 Å². The van der Waals surface area contributed by atoms with Gasteiger partial charge in [-0.2, -0.15) is 5.26 Å². The second-order valence-corrected chi connectivity index (χ2v) is 6.26. The van der Waals surface area contributed by atoms with Gasteiger partial charge in [-0.3, -0.25) is 9.69 Å². The first-order chi connectivity index (χ1) is 9.57. The molecule has 2 aliphatic rings. The van der Waals surface area contributed by atoms with E-state index in [-0.39, 0.29) is 5.91 Å². The van der Waals surface area contributed by atoms with Crippen molar-refractivity contribution >= 4 is 5.91 Å². The minimum absolute atomic E-state index is 0.0270. The van der Waals surface area contributed by atoms with Gasteiger partial charge in [0.05, 0.1) is 12.6 Å². The van der Waals surface area contributed by atoms with Crippen LogP contribution in [-0.4, -0.2) is 48.6 Å². The van der Waals surface area contributed by atoms with Crippen LogP contribution < -0.4 is 10.6 Å². The van der Waals surface area contributed by atoms with Crippen LogP contribution in [0.15, 0.2) is 0 Å². The number of nitriles is 1. The van der Waals surface area contributed by atoms with Crippen LogP contribution in [0.2, 0.25) is 0 Å². The van der Waals surface area contributed by atoms with Crippen molar-refractivity contribution in [2.45, 2.75) is 51.1 Å². The number of carbonyl (C=O) groups excluding carboxylic acids is 1. The molecule has 1 saturated carbocycles. The van der Waals surface area contributed by atoms with Crippen molar-refractivity contribution in [3.63, 3.8) is 0 Å². The molecule has 1 heterocycles. The van der Waals surface area contributed by atoms with Crippen LogP contribution in [0.5, 0.6) is 0 Å². The Bertz CT molecular complexity index is 382. The smallest absolute Gasteiger partial charge is 0.235 e. The molecule has 1 aliphatic carbocycles. The lowest BCUT2D eigenvalue weighted by atomic mass is 9.98. The Morgan fingerprint density at radius 1 is 1.50 bits per heavy atom. The average molecular weight is 278 g/mol. The van der Waals surface area contributed by atoms with E-state index in [2.05, 4.69) is 28.5 Å². The highest BCUT2D eigenvalue weighted by Crippen LogP contribution is 2.39. The number of hydrogen-bond donors (Lipinski definition) is 2. The fourth-order valence-corrected chi connectivity index (χ4v) is 2.94. The van der Waals surface area contributed by atoms with Gasteiger partial charge in [0, 0.05) is 12.6 Å². The minimum atomic E-state index is -0.678. The van der Waals surface area contributed by atoms with E-state index in [1.54, 1.807) is 0 Å².